The van der Waals surface area contributed by atoms with Crippen molar-refractivity contribution in [3.8, 4) is 0 Å². The highest BCUT2D eigenvalue weighted by Crippen LogP contribution is 2.29. The highest BCUT2D eigenvalue weighted by Gasteiger charge is 2.29. The van der Waals surface area contributed by atoms with Gasteiger partial charge in [0.2, 0.25) is 5.95 Å². The van der Waals surface area contributed by atoms with E-state index in [0.717, 1.165) is 61.1 Å². The van der Waals surface area contributed by atoms with Gasteiger partial charge < -0.3 is 10.0 Å². The van der Waals surface area contributed by atoms with Crippen molar-refractivity contribution >= 4 is 17.8 Å². The maximum Gasteiger partial charge on any atom is 0.225 e. The van der Waals surface area contributed by atoms with Crippen molar-refractivity contribution in [2.45, 2.75) is 19.8 Å². The van der Waals surface area contributed by atoms with E-state index in [1.54, 1.807) is 0 Å². The number of carbonyl (C=O) groups excluding carboxylic acids is 1. The maximum atomic E-state index is 12.8. The minimum Gasteiger partial charge on any atom is -0.395 e. The monoisotopic (exact) mass is 392 g/mol. The number of fused-ring (bicyclic) bond motifs is 1. The molecule has 1 fully saturated rings. The van der Waals surface area contributed by atoms with Gasteiger partial charge in [0, 0.05) is 39.1 Å². The van der Waals surface area contributed by atoms with E-state index in [0.29, 0.717) is 13.0 Å². The molecule has 1 aliphatic heterocycles. The first-order valence-electron chi connectivity index (χ1n) is 10.4. The number of piperazine rings is 1. The van der Waals surface area contributed by atoms with Gasteiger partial charge >= 0.3 is 0 Å². The zero-order valence-corrected chi connectivity index (χ0v) is 16.9. The second-order valence-electron chi connectivity index (χ2n) is 7.84. The van der Waals surface area contributed by atoms with Crippen molar-refractivity contribution in [2.75, 3.05) is 44.2 Å². The summed E-state index contributed by atoms with van der Waals surface area (Å²) in [6.45, 7) is 6.27. The Bertz CT molecular complexity index is 889. The maximum absolute atomic E-state index is 12.8. The molecule has 2 aliphatic rings. The molecular formula is C23H28N4O2. The van der Waals surface area contributed by atoms with Crippen LogP contribution in [0.5, 0.6) is 0 Å². The molecule has 0 spiro atoms. The number of nitrogens with zero attached hydrogens (tertiary/aromatic N) is 4. The van der Waals surface area contributed by atoms with Crippen LogP contribution in [0.15, 0.2) is 36.4 Å². The summed E-state index contributed by atoms with van der Waals surface area (Å²) in [4.78, 5) is 26.7. The summed E-state index contributed by atoms with van der Waals surface area (Å²) in [6.07, 6.45) is 5.52. The van der Waals surface area contributed by atoms with Crippen molar-refractivity contribution in [2.24, 2.45) is 5.92 Å². The molecule has 29 heavy (non-hydrogen) atoms. The molecule has 0 saturated carbocycles. The van der Waals surface area contributed by atoms with Crippen LogP contribution in [0.25, 0.3) is 6.08 Å². The Morgan fingerprint density at radius 3 is 2.59 bits per heavy atom. The first kappa shape index (κ1) is 19.7. The molecule has 1 aromatic carbocycles. The smallest absolute Gasteiger partial charge is 0.225 e. The Morgan fingerprint density at radius 1 is 1.10 bits per heavy atom. The third-order valence-corrected chi connectivity index (χ3v) is 5.77. The van der Waals surface area contributed by atoms with Gasteiger partial charge in [-0.15, -0.1) is 0 Å². The van der Waals surface area contributed by atoms with Crippen molar-refractivity contribution in [3.63, 3.8) is 0 Å². The number of anilines is 1. The Labute approximate surface area is 171 Å². The van der Waals surface area contributed by atoms with E-state index in [1.807, 2.05) is 25.1 Å². The Balaban J connectivity index is 1.51. The molecule has 6 nitrogen and oxygen atoms in total. The molecule has 1 aromatic heterocycles. The van der Waals surface area contributed by atoms with Crippen molar-refractivity contribution < 1.29 is 9.90 Å². The van der Waals surface area contributed by atoms with Crippen molar-refractivity contribution in [3.05, 3.63) is 58.9 Å². The average molecular weight is 393 g/mol. The van der Waals surface area contributed by atoms with Crippen LogP contribution < -0.4 is 4.90 Å². The van der Waals surface area contributed by atoms with Gasteiger partial charge in [0.05, 0.1) is 23.6 Å². The normalized spacial score (nSPS) is 20.3. The molecule has 6 heteroatoms. The third-order valence-electron chi connectivity index (χ3n) is 5.77. The lowest BCUT2D eigenvalue weighted by atomic mass is 9.85. The lowest BCUT2D eigenvalue weighted by Crippen LogP contribution is -2.48. The number of ketones is 1. The first-order chi connectivity index (χ1) is 14.1. The fourth-order valence-electron chi connectivity index (χ4n) is 4.19. The summed E-state index contributed by atoms with van der Waals surface area (Å²) < 4.78 is 0. The van der Waals surface area contributed by atoms with Gasteiger partial charge in [-0.25, -0.2) is 9.97 Å². The van der Waals surface area contributed by atoms with Crippen LogP contribution in [0.1, 0.15) is 33.7 Å². The van der Waals surface area contributed by atoms with Gasteiger partial charge in [-0.2, -0.15) is 0 Å². The molecule has 152 valence electrons. The highest BCUT2D eigenvalue weighted by molar-refractivity contribution is 5.99. The lowest BCUT2D eigenvalue weighted by Gasteiger charge is -2.35. The van der Waals surface area contributed by atoms with E-state index in [-0.39, 0.29) is 18.3 Å². The highest BCUT2D eigenvalue weighted by atomic mass is 16.3. The predicted molar refractivity (Wildman–Crippen MR) is 114 cm³/mol. The van der Waals surface area contributed by atoms with Gasteiger partial charge in [-0.1, -0.05) is 42.5 Å². The SMILES string of the molecule is Cc1nc(N2CCN(CCO)CC2)nc2c1C(=O)CC(C=Cc1ccccc1)C2. The zero-order valence-electron chi connectivity index (χ0n) is 16.9. The molecule has 1 N–H and O–H groups in total. The summed E-state index contributed by atoms with van der Waals surface area (Å²) in [6, 6.07) is 10.2. The second-order valence-corrected chi connectivity index (χ2v) is 7.84. The van der Waals surface area contributed by atoms with Gasteiger partial charge in [-0.3, -0.25) is 9.69 Å². The van der Waals surface area contributed by atoms with Gasteiger partial charge in [0.1, 0.15) is 0 Å². The van der Waals surface area contributed by atoms with E-state index < -0.39 is 0 Å². The van der Waals surface area contributed by atoms with Gasteiger partial charge in [-0.05, 0) is 24.8 Å². The Kier molecular flexibility index (Phi) is 6.02. The number of aryl methyl sites for hydroxylation is 1. The molecule has 0 radical (unpaired) electrons. The second kappa shape index (κ2) is 8.84. The van der Waals surface area contributed by atoms with Crippen LogP contribution in [-0.4, -0.2) is 65.1 Å². The van der Waals surface area contributed by atoms with Crippen LogP contribution in [0, 0.1) is 12.8 Å². The average Bonchev–Trinajstić information content (AvgIpc) is 2.73. The molecule has 1 atom stereocenters. The third kappa shape index (κ3) is 4.54. The number of aromatic nitrogens is 2. The molecule has 4 rings (SSSR count). The zero-order chi connectivity index (χ0) is 20.2. The number of carbonyl (C=O) groups is 1. The van der Waals surface area contributed by atoms with Crippen LogP contribution in [0.2, 0.25) is 0 Å². The number of β-amino-alcohol motifs (C(OH)–C–C–N with tert-alkyl or cyclic N) is 1. The minimum absolute atomic E-state index is 0.144. The van der Waals surface area contributed by atoms with E-state index in [1.165, 1.54) is 0 Å². The summed E-state index contributed by atoms with van der Waals surface area (Å²) in [7, 11) is 0. The summed E-state index contributed by atoms with van der Waals surface area (Å²) in [5.74, 6) is 1.04. The fraction of sp³-hybridized carbons (Fsp3) is 0.435. The van der Waals surface area contributed by atoms with Crippen LogP contribution >= 0.6 is 0 Å². The predicted octanol–water partition coefficient (Wildman–Crippen LogP) is 2.36. The minimum atomic E-state index is 0.144. The quantitative estimate of drug-likeness (QED) is 0.842. The van der Waals surface area contributed by atoms with Gasteiger partial charge in [0.25, 0.3) is 0 Å². The molecule has 0 bridgehead atoms. The van der Waals surface area contributed by atoms with E-state index in [9.17, 15) is 4.79 Å². The number of rotatable bonds is 5. The molecule has 1 aliphatic carbocycles. The molecule has 0 amide bonds. The van der Waals surface area contributed by atoms with Crippen molar-refractivity contribution in [1.82, 2.24) is 14.9 Å². The number of benzene rings is 1. The number of Topliss-reactive ketones (excluding diaryl/α,β-unsaturated/α-hetero) is 1. The topological polar surface area (TPSA) is 69.6 Å². The number of aliphatic hydroxyl groups is 1. The molecule has 2 heterocycles. The van der Waals surface area contributed by atoms with E-state index in [2.05, 4.69) is 39.1 Å². The molecule has 1 unspecified atom stereocenters. The van der Waals surface area contributed by atoms with Crippen LogP contribution in [0.3, 0.4) is 0 Å². The lowest BCUT2D eigenvalue weighted by molar-refractivity contribution is 0.0956. The Hall–Kier alpha value is -2.57. The van der Waals surface area contributed by atoms with E-state index in [4.69, 9.17) is 10.1 Å². The van der Waals surface area contributed by atoms with Crippen molar-refractivity contribution in [1.29, 1.82) is 0 Å². The summed E-state index contributed by atoms with van der Waals surface area (Å²) >= 11 is 0. The standard InChI is InChI=1S/C23H28N4O2/c1-17-22-20(25-23(24-17)27-11-9-26(10-12-27)13-14-28)15-19(16-21(22)29)8-7-18-5-3-2-4-6-18/h2-8,19,28H,9-16H2,1H3. The largest absolute Gasteiger partial charge is 0.395 e. The fourth-order valence-corrected chi connectivity index (χ4v) is 4.19. The number of allylic oxidation sites excluding steroid dienone is 1. The van der Waals surface area contributed by atoms with Gasteiger partial charge in [0.15, 0.2) is 5.78 Å². The number of hydrogen-bond donors (Lipinski definition) is 1. The van der Waals surface area contributed by atoms with E-state index >= 15 is 0 Å². The first-order valence-corrected chi connectivity index (χ1v) is 10.4. The summed E-state index contributed by atoms with van der Waals surface area (Å²) in [5.41, 5.74) is 3.53. The molecule has 1 saturated heterocycles. The summed E-state index contributed by atoms with van der Waals surface area (Å²) in [5, 5.41) is 9.12. The van der Waals surface area contributed by atoms with Crippen LogP contribution in [-0.2, 0) is 6.42 Å². The van der Waals surface area contributed by atoms with Crippen LogP contribution in [0.4, 0.5) is 5.95 Å². The number of aliphatic hydroxyl groups excluding tert-OH is 1. The Morgan fingerprint density at radius 2 is 1.86 bits per heavy atom. The number of hydrogen-bond acceptors (Lipinski definition) is 6. The molecular weight excluding hydrogens is 364 g/mol. The molecule has 2 aromatic rings.